The van der Waals surface area contributed by atoms with Gasteiger partial charge in [0.25, 0.3) is 5.91 Å². The molecule has 0 saturated carbocycles. The summed E-state index contributed by atoms with van der Waals surface area (Å²) in [5.74, 6) is 1.63. The number of hydrogen-bond acceptors (Lipinski definition) is 6. The minimum absolute atomic E-state index is 0.227. The Labute approximate surface area is 141 Å². The summed E-state index contributed by atoms with van der Waals surface area (Å²) in [6.45, 7) is 2.89. The second-order valence-corrected chi connectivity index (χ2v) is 5.14. The van der Waals surface area contributed by atoms with E-state index >= 15 is 0 Å². The monoisotopic (exact) mass is 330 g/mol. The van der Waals surface area contributed by atoms with Crippen molar-refractivity contribution in [3.8, 4) is 5.75 Å². The van der Waals surface area contributed by atoms with Crippen LogP contribution in [0.25, 0.3) is 0 Å². The maximum absolute atomic E-state index is 12.2. The van der Waals surface area contributed by atoms with Gasteiger partial charge in [-0.05, 0) is 37.6 Å². The van der Waals surface area contributed by atoms with Crippen LogP contribution in [-0.2, 0) is 4.74 Å². The van der Waals surface area contributed by atoms with E-state index in [9.17, 15) is 4.79 Å². The molecule has 0 aliphatic carbocycles. The predicted octanol–water partition coefficient (Wildman–Crippen LogP) is 2.30. The van der Waals surface area contributed by atoms with Crippen LogP contribution in [0.1, 0.15) is 22.7 Å². The average molecular weight is 330 g/mol. The zero-order chi connectivity index (χ0) is 17.4. The fourth-order valence-electron chi connectivity index (χ4n) is 2.08. The van der Waals surface area contributed by atoms with Crippen molar-refractivity contribution in [1.29, 1.82) is 0 Å². The molecule has 2 aromatic rings. The molecule has 0 saturated heterocycles. The molecule has 0 radical (unpaired) electrons. The minimum Gasteiger partial charge on any atom is -0.497 e. The number of aromatic nitrogens is 2. The van der Waals surface area contributed by atoms with E-state index in [1.807, 2.05) is 24.3 Å². The van der Waals surface area contributed by atoms with E-state index in [-0.39, 0.29) is 5.91 Å². The van der Waals surface area contributed by atoms with Crippen molar-refractivity contribution >= 4 is 17.4 Å². The third-order valence-corrected chi connectivity index (χ3v) is 3.24. The van der Waals surface area contributed by atoms with Gasteiger partial charge in [0.15, 0.2) is 0 Å². The number of anilines is 2. The van der Waals surface area contributed by atoms with Crippen LogP contribution in [0, 0.1) is 6.92 Å². The van der Waals surface area contributed by atoms with Crippen molar-refractivity contribution in [2.45, 2.75) is 13.3 Å². The first-order chi connectivity index (χ1) is 11.6. The molecule has 1 aromatic heterocycles. The lowest BCUT2D eigenvalue weighted by atomic mass is 10.3. The molecular formula is C17H22N4O3. The molecule has 1 heterocycles. The van der Waals surface area contributed by atoms with E-state index in [1.54, 1.807) is 27.2 Å². The maximum Gasteiger partial charge on any atom is 0.270 e. The number of ether oxygens (including phenoxy) is 2. The molecule has 2 N–H and O–H groups in total. The quantitative estimate of drug-likeness (QED) is 0.723. The molecular weight excluding hydrogens is 308 g/mol. The van der Waals surface area contributed by atoms with Gasteiger partial charge in [-0.1, -0.05) is 0 Å². The van der Waals surface area contributed by atoms with Gasteiger partial charge in [-0.15, -0.1) is 0 Å². The number of nitrogens with zero attached hydrogens (tertiary/aromatic N) is 2. The van der Waals surface area contributed by atoms with E-state index in [0.717, 1.165) is 17.9 Å². The van der Waals surface area contributed by atoms with Crippen LogP contribution in [0.3, 0.4) is 0 Å². The van der Waals surface area contributed by atoms with Crippen molar-refractivity contribution < 1.29 is 14.3 Å². The lowest BCUT2D eigenvalue weighted by Crippen LogP contribution is -2.26. The third kappa shape index (κ3) is 5.20. The predicted molar refractivity (Wildman–Crippen MR) is 91.9 cm³/mol. The first-order valence-corrected chi connectivity index (χ1v) is 7.66. The smallest absolute Gasteiger partial charge is 0.270 e. The summed E-state index contributed by atoms with van der Waals surface area (Å²) in [5.41, 5.74) is 1.18. The first-order valence-electron chi connectivity index (χ1n) is 7.66. The van der Waals surface area contributed by atoms with Gasteiger partial charge < -0.3 is 20.1 Å². The second-order valence-electron chi connectivity index (χ2n) is 5.14. The second kappa shape index (κ2) is 8.83. The highest BCUT2D eigenvalue weighted by Gasteiger charge is 2.10. The minimum atomic E-state index is -0.227. The standard InChI is InChI=1S/C17H22N4O3/c1-12-19-15(17(22)18-9-4-10-23-2)11-16(20-12)21-13-5-7-14(24-3)8-6-13/h5-8,11H,4,9-10H2,1-3H3,(H,18,22)(H,19,20,21). The summed E-state index contributed by atoms with van der Waals surface area (Å²) in [6, 6.07) is 9.07. The number of rotatable bonds is 8. The number of carbonyl (C=O) groups excluding carboxylic acids is 1. The van der Waals surface area contributed by atoms with Gasteiger partial charge in [-0.25, -0.2) is 9.97 Å². The summed E-state index contributed by atoms with van der Waals surface area (Å²) < 4.78 is 10.1. The molecule has 1 aromatic carbocycles. The number of nitrogens with one attached hydrogen (secondary N) is 2. The van der Waals surface area contributed by atoms with Crippen molar-refractivity contribution in [1.82, 2.24) is 15.3 Å². The highest BCUT2D eigenvalue weighted by atomic mass is 16.5. The van der Waals surface area contributed by atoms with Gasteiger partial charge in [0.2, 0.25) is 0 Å². The van der Waals surface area contributed by atoms with E-state index in [4.69, 9.17) is 9.47 Å². The Morgan fingerprint density at radius 2 is 1.92 bits per heavy atom. The zero-order valence-corrected chi connectivity index (χ0v) is 14.1. The summed E-state index contributed by atoms with van der Waals surface area (Å²) in [5, 5.41) is 5.97. The van der Waals surface area contributed by atoms with Crippen LogP contribution < -0.4 is 15.4 Å². The van der Waals surface area contributed by atoms with E-state index in [1.165, 1.54) is 0 Å². The van der Waals surface area contributed by atoms with Crippen LogP contribution >= 0.6 is 0 Å². The SMILES string of the molecule is COCCCNC(=O)c1cc(Nc2ccc(OC)cc2)nc(C)n1. The molecule has 7 heteroatoms. The summed E-state index contributed by atoms with van der Waals surface area (Å²) in [6.07, 6.45) is 0.753. The van der Waals surface area contributed by atoms with E-state index < -0.39 is 0 Å². The number of hydrogen-bond donors (Lipinski definition) is 2. The lowest BCUT2D eigenvalue weighted by Gasteiger charge is -2.09. The molecule has 0 fully saturated rings. The van der Waals surface area contributed by atoms with Crippen molar-refractivity contribution in [3.05, 3.63) is 41.9 Å². The van der Waals surface area contributed by atoms with Crippen LogP contribution in [0.15, 0.2) is 30.3 Å². The summed E-state index contributed by atoms with van der Waals surface area (Å²) in [4.78, 5) is 20.7. The van der Waals surface area contributed by atoms with Crippen molar-refractivity contribution in [2.24, 2.45) is 0 Å². The van der Waals surface area contributed by atoms with Gasteiger partial charge in [0.05, 0.1) is 7.11 Å². The van der Waals surface area contributed by atoms with Gasteiger partial charge in [0, 0.05) is 32.0 Å². The van der Waals surface area contributed by atoms with Crippen LogP contribution in [0.5, 0.6) is 5.75 Å². The van der Waals surface area contributed by atoms with Crippen molar-refractivity contribution in [2.75, 3.05) is 32.7 Å². The molecule has 7 nitrogen and oxygen atoms in total. The number of benzene rings is 1. The Bertz CT molecular complexity index is 674. The van der Waals surface area contributed by atoms with E-state index in [0.29, 0.717) is 30.5 Å². The number of amides is 1. The zero-order valence-electron chi connectivity index (χ0n) is 14.1. The Balaban J connectivity index is 2.05. The molecule has 128 valence electrons. The fraction of sp³-hybridized carbons (Fsp3) is 0.353. The van der Waals surface area contributed by atoms with Gasteiger partial charge >= 0.3 is 0 Å². The molecule has 24 heavy (non-hydrogen) atoms. The first kappa shape index (κ1) is 17.7. The molecule has 0 aliphatic rings. The number of methoxy groups -OCH3 is 2. The van der Waals surface area contributed by atoms with E-state index in [2.05, 4.69) is 20.6 Å². The molecule has 0 bridgehead atoms. The highest BCUT2D eigenvalue weighted by Crippen LogP contribution is 2.19. The average Bonchev–Trinajstić information content (AvgIpc) is 2.58. The summed E-state index contributed by atoms with van der Waals surface area (Å²) >= 11 is 0. The molecule has 0 unspecified atom stereocenters. The summed E-state index contributed by atoms with van der Waals surface area (Å²) in [7, 11) is 3.25. The molecule has 1 amide bonds. The number of aryl methyl sites for hydroxylation is 1. The van der Waals surface area contributed by atoms with Crippen molar-refractivity contribution in [3.63, 3.8) is 0 Å². The van der Waals surface area contributed by atoms with Crippen LogP contribution in [-0.4, -0.2) is 43.2 Å². The van der Waals surface area contributed by atoms with Gasteiger partial charge in [0.1, 0.15) is 23.1 Å². The van der Waals surface area contributed by atoms with Crippen LogP contribution in [0.2, 0.25) is 0 Å². The Kier molecular flexibility index (Phi) is 6.51. The normalized spacial score (nSPS) is 10.3. The number of carbonyl (C=O) groups is 1. The molecule has 0 atom stereocenters. The Hall–Kier alpha value is -2.67. The molecule has 2 rings (SSSR count). The van der Waals surface area contributed by atoms with Crippen LogP contribution in [0.4, 0.5) is 11.5 Å². The van der Waals surface area contributed by atoms with Gasteiger partial charge in [-0.2, -0.15) is 0 Å². The molecule has 0 spiro atoms. The lowest BCUT2D eigenvalue weighted by molar-refractivity contribution is 0.0943. The molecule has 0 aliphatic heterocycles. The third-order valence-electron chi connectivity index (χ3n) is 3.24. The Morgan fingerprint density at radius 1 is 1.17 bits per heavy atom. The highest BCUT2D eigenvalue weighted by molar-refractivity contribution is 5.93. The fourth-order valence-corrected chi connectivity index (χ4v) is 2.08. The largest absolute Gasteiger partial charge is 0.497 e. The van der Waals surface area contributed by atoms with Gasteiger partial charge in [-0.3, -0.25) is 4.79 Å². The Morgan fingerprint density at radius 3 is 2.58 bits per heavy atom. The maximum atomic E-state index is 12.2. The topological polar surface area (TPSA) is 85.4 Å².